The van der Waals surface area contributed by atoms with Gasteiger partial charge in [-0.25, -0.2) is 4.79 Å². The summed E-state index contributed by atoms with van der Waals surface area (Å²) in [7, 11) is 1.69. The second-order valence-corrected chi connectivity index (χ2v) is 16.0. The summed E-state index contributed by atoms with van der Waals surface area (Å²) in [6.07, 6.45) is 13.6. The average Bonchev–Trinajstić information content (AvgIpc) is 3.66. The van der Waals surface area contributed by atoms with E-state index in [4.69, 9.17) is 9.47 Å². The number of aliphatic hydroxyl groups is 1. The van der Waals surface area contributed by atoms with Crippen LogP contribution in [0.3, 0.4) is 0 Å². The first kappa shape index (κ1) is 28.0. The monoisotopic (exact) mass is 601 g/mol. The van der Waals surface area contributed by atoms with Crippen molar-refractivity contribution in [2.75, 3.05) is 26.8 Å². The second kappa shape index (κ2) is 9.27. The van der Waals surface area contributed by atoms with Gasteiger partial charge in [0.15, 0.2) is 5.78 Å². The summed E-state index contributed by atoms with van der Waals surface area (Å²) in [5.41, 5.74) is -0.621. The van der Waals surface area contributed by atoms with Gasteiger partial charge in [-0.3, -0.25) is 4.79 Å². The molecule has 2 heterocycles. The van der Waals surface area contributed by atoms with Crippen LogP contribution in [0.15, 0.2) is 54.1 Å². The zero-order chi connectivity index (χ0) is 29.8. The van der Waals surface area contributed by atoms with E-state index in [0.717, 1.165) is 65.5 Å². The van der Waals surface area contributed by atoms with E-state index in [1.54, 1.807) is 18.4 Å². The van der Waals surface area contributed by atoms with Gasteiger partial charge in [0.25, 0.3) is 0 Å². The largest absolute Gasteiger partial charge is 0.440 e. The fourth-order valence-electron chi connectivity index (χ4n) is 11.2. The Bertz CT molecular complexity index is 1540. The van der Waals surface area contributed by atoms with E-state index >= 15 is 0 Å². The van der Waals surface area contributed by atoms with Crippen LogP contribution < -0.4 is 0 Å². The van der Waals surface area contributed by atoms with Crippen LogP contribution in [0.25, 0.3) is 10.1 Å². The molecule has 1 saturated heterocycles. The molecule has 0 radical (unpaired) electrons. The Hall–Kier alpha value is -2.48. The molecule has 8 atom stereocenters. The molecule has 7 aliphatic rings. The molecule has 1 aliphatic heterocycles. The molecule has 43 heavy (non-hydrogen) atoms. The fourth-order valence-corrected chi connectivity index (χ4v) is 12.2. The van der Waals surface area contributed by atoms with Gasteiger partial charge in [-0.1, -0.05) is 50.3 Å². The van der Waals surface area contributed by atoms with Gasteiger partial charge in [0, 0.05) is 46.8 Å². The van der Waals surface area contributed by atoms with Crippen LogP contribution in [0.4, 0.5) is 4.79 Å². The maximum absolute atomic E-state index is 14.9. The molecule has 4 fully saturated rings. The number of carbonyl (C=O) groups is 2. The van der Waals surface area contributed by atoms with Crippen molar-refractivity contribution in [3.63, 3.8) is 0 Å². The Labute approximate surface area is 258 Å². The molecule has 1 N–H and O–H groups in total. The summed E-state index contributed by atoms with van der Waals surface area (Å²) in [6, 6.07) is 10.3. The highest BCUT2D eigenvalue weighted by atomic mass is 32.1. The zero-order valence-electron chi connectivity index (χ0n) is 25.6. The molecule has 2 aromatic rings. The van der Waals surface area contributed by atoms with Crippen molar-refractivity contribution >= 4 is 33.3 Å². The van der Waals surface area contributed by atoms with E-state index in [9.17, 15) is 14.7 Å². The van der Waals surface area contributed by atoms with E-state index in [0.29, 0.717) is 32.0 Å². The number of Topliss-reactive ketones (excluding diaryl/α,β-unsaturated/α-hetero) is 1. The molecule has 1 amide bonds. The van der Waals surface area contributed by atoms with Crippen LogP contribution >= 0.6 is 11.3 Å². The number of nitrogens with zero attached hydrogens (tertiary/aromatic N) is 1. The molecule has 3 spiro atoms. The van der Waals surface area contributed by atoms with Crippen molar-refractivity contribution in [2.45, 2.75) is 76.9 Å². The number of carbonyl (C=O) groups excluding carboxylic acids is 2. The average molecular weight is 602 g/mol. The number of ether oxygens (including phenoxy) is 2. The van der Waals surface area contributed by atoms with Gasteiger partial charge in [-0.05, 0) is 86.1 Å². The van der Waals surface area contributed by atoms with Crippen molar-refractivity contribution in [1.82, 2.24) is 4.90 Å². The van der Waals surface area contributed by atoms with Crippen LogP contribution in [0.1, 0.15) is 74.9 Å². The molecule has 0 unspecified atom stereocenters. The van der Waals surface area contributed by atoms with Crippen LogP contribution in [-0.2, 0) is 9.47 Å². The van der Waals surface area contributed by atoms with E-state index in [2.05, 4.69) is 50.3 Å². The SMILES string of the molecule is COCCCN1C[C@@]2(CC[C@H]3[C@]45C=C[C@@]6(C=C4C(=O)c4cc7ccccc7s4)C[C@@H](O)CC[C@]6(C)[C@H]5CC[C@@]32C)OC1=O. The van der Waals surface area contributed by atoms with E-state index in [1.165, 1.54) is 0 Å². The fraction of sp³-hybridized carbons (Fsp3) is 0.611. The van der Waals surface area contributed by atoms with Gasteiger partial charge < -0.3 is 19.5 Å². The van der Waals surface area contributed by atoms with E-state index in [-0.39, 0.29) is 40.1 Å². The number of amides is 1. The highest BCUT2D eigenvalue weighted by molar-refractivity contribution is 7.21. The number of rotatable bonds is 6. The predicted molar refractivity (Wildman–Crippen MR) is 167 cm³/mol. The van der Waals surface area contributed by atoms with Gasteiger partial charge in [-0.15, -0.1) is 11.3 Å². The summed E-state index contributed by atoms with van der Waals surface area (Å²) in [6.45, 7) is 6.68. The van der Waals surface area contributed by atoms with Gasteiger partial charge >= 0.3 is 6.09 Å². The van der Waals surface area contributed by atoms with Crippen molar-refractivity contribution in [3.05, 3.63) is 59.0 Å². The first-order chi connectivity index (χ1) is 20.6. The predicted octanol–water partition coefficient (Wildman–Crippen LogP) is 7.17. The normalized spacial score (nSPS) is 42.6. The van der Waals surface area contributed by atoms with E-state index < -0.39 is 11.0 Å². The van der Waals surface area contributed by atoms with Crippen molar-refractivity contribution < 1.29 is 24.2 Å². The molecule has 1 aromatic heterocycles. The highest BCUT2D eigenvalue weighted by Crippen LogP contribution is 2.79. The third kappa shape index (κ3) is 3.48. The lowest BCUT2D eigenvalue weighted by Gasteiger charge is -2.71. The Balaban J connectivity index is 1.25. The number of hydrogen-bond donors (Lipinski definition) is 1. The minimum absolute atomic E-state index is 0.0272. The first-order valence-electron chi connectivity index (χ1n) is 16.2. The standard InChI is InChI=1S/C36H43NO5S/c1-32-12-9-24(38)20-34(32)15-16-36(25(21-34)30(39)27-19-23-7-4-5-8-26(23)43-27)28(32)10-13-33(2)29(36)11-14-35(33)22-37(31(40)42-35)17-6-18-41-3/h4-5,7-8,15-16,19,21,24,28-29,38H,6,9-14,17-18,20,22H2,1-3H3/t24-,28+,29+,32+,33-,34-,35+,36+/m0/s1. The Kier molecular flexibility index (Phi) is 6.04. The first-order valence-corrected chi connectivity index (χ1v) is 17.1. The summed E-state index contributed by atoms with van der Waals surface area (Å²) in [5, 5.41) is 12.1. The molecular weight excluding hydrogens is 558 g/mol. The molecule has 1 aromatic carbocycles. The second-order valence-electron chi connectivity index (χ2n) is 14.9. The summed E-state index contributed by atoms with van der Waals surface area (Å²) < 4.78 is 12.9. The van der Waals surface area contributed by atoms with Gasteiger partial charge in [0.05, 0.1) is 17.5 Å². The lowest BCUT2D eigenvalue weighted by atomic mass is 9.32. The number of allylic oxidation sites excluding steroid dienone is 4. The smallest absolute Gasteiger partial charge is 0.410 e. The number of methoxy groups -OCH3 is 1. The molecule has 2 bridgehead atoms. The number of thiophene rings is 1. The lowest BCUT2D eigenvalue weighted by Crippen LogP contribution is -2.67. The van der Waals surface area contributed by atoms with Crippen LogP contribution in [0, 0.1) is 33.5 Å². The zero-order valence-corrected chi connectivity index (χ0v) is 26.4. The van der Waals surface area contributed by atoms with Gasteiger partial charge in [0.2, 0.25) is 0 Å². The van der Waals surface area contributed by atoms with Crippen LogP contribution in [-0.4, -0.2) is 60.4 Å². The number of fused-ring (bicyclic) bond motifs is 3. The number of ketones is 1. The number of aliphatic hydroxyl groups excluding tert-OH is 1. The minimum atomic E-state index is -0.545. The third-order valence-corrected chi connectivity index (χ3v) is 14.5. The quantitative estimate of drug-likeness (QED) is 0.216. The van der Waals surface area contributed by atoms with Crippen molar-refractivity contribution in [3.8, 4) is 0 Å². The number of hydrogen-bond acceptors (Lipinski definition) is 6. The maximum atomic E-state index is 14.9. The maximum Gasteiger partial charge on any atom is 0.410 e. The molecule has 9 rings (SSSR count). The van der Waals surface area contributed by atoms with Crippen LogP contribution in [0.2, 0.25) is 0 Å². The molecule has 3 saturated carbocycles. The third-order valence-electron chi connectivity index (χ3n) is 13.3. The number of benzene rings is 1. The lowest BCUT2D eigenvalue weighted by molar-refractivity contribution is -0.164. The molecule has 6 nitrogen and oxygen atoms in total. The van der Waals surface area contributed by atoms with Crippen LogP contribution in [0.5, 0.6) is 0 Å². The Morgan fingerprint density at radius 2 is 1.86 bits per heavy atom. The Morgan fingerprint density at radius 1 is 1.09 bits per heavy atom. The summed E-state index contributed by atoms with van der Waals surface area (Å²) in [4.78, 5) is 30.8. The summed E-state index contributed by atoms with van der Waals surface area (Å²) >= 11 is 1.59. The van der Waals surface area contributed by atoms with Crippen molar-refractivity contribution in [1.29, 1.82) is 0 Å². The molecular formula is C36H43NO5S. The molecule has 7 heteroatoms. The van der Waals surface area contributed by atoms with Gasteiger partial charge in [0.1, 0.15) is 5.60 Å². The Morgan fingerprint density at radius 3 is 2.67 bits per heavy atom. The van der Waals surface area contributed by atoms with Crippen molar-refractivity contribution in [2.24, 2.45) is 33.5 Å². The summed E-state index contributed by atoms with van der Waals surface area (Å²) in [5.74, 6) is 0.638. The minimum Gasteiger partial charge on any atom is -0.440 e. The van der Waals surface area contributed by atoms with E-state index in [1.807, 2.05) is 17.0 Å². The van der Waals surface area contributed by atoms with Gasteiger partial charge in [-0.2, -0.15) is 0 Å². The molecule has 228 valence electrons. The highest BCUT2D eigenvalue weighted by Gasteiger charge is 2.76. The molecule has 6 aliphatic carbocycles. The topological polar surface area (TPSA) is 76.1 Å².